The van der Waals surface area contributed by atoms with Crippen molar-refractivity contribution in [2.75, 3.05) is 30.3 Å². The summed E-state index contributed by atoms with van der Waals surface area (Å²) in [6.07, 6.45) is -1.56. The number of carbonyl (C=O) groups is 2. The Morgan fingerprint density at radius 1 is 1.16 bits per heavy atom. The fourth-order valence-corrected chi connectivity index (χ4v) is 6.19. The molecule has 4 atom stereocenters. The highest BCUT2D eigenvalue weighted by Crippen LogP contribution is 2.23. The number of nitrogens with zero attached hydrogens (tertiary/aromatic N) is 3. The van der Waals surface area contributed by atoms with Crippen LogP contribution in [0.15, 0.2) is 77.8 Å². The molecule has 1 saturated heterocycles. The lowest BCUT2D eigenvalue weighted by Gasteiger charge is -2.31. The number of nitrogen functional groups attached to an aromatic ring is 1. The molecule has 0 spiro atoms. The molecule has 1 aliphatic heterocycles. The highest BCUT2D eigenvalue weighted by molar-refractivity contribution is 7.89. The van der Waals surface area contributed by atoms with E-state index in [4.69, 9.17) is 10.5 Å². The van der Waals surface area contributed by atoms with E-state index < -0.39 is 46.1 Å². The minimum atomic E-state index is -4.02. The van der Waals surface area contributed by atoms with E-state index in [2.05, 4.69) is 10.3 Å². The summed E-state index contributed by atoms with van der Waals surface area (Å²) in [6, 6.07) is 16.4. The first kappa shape index (κ1) is 31.9. The number of nitrogens with one attached hydrogen (secondary N) is 1. The van der Waals surface area contributed by atoms with Crippen molar-refractivity contribution >= 4 is 33.5 Å². The van der Waals surface area contributed by atoms with Gasteiger partial charge < -0.3 is 20.9 Å². The van der Waals surface area contributed by atoms with E-state index in [1.807, 2.05) is 44.2 Å². The van der Waals surface area contributed by atoms with Crippen LogP contribution in [0.3, 0.4) is 0 Å². The van der Waals surface area contributed by atoms with E-state index in [1.54, 1.807) is 0 Å². The molecular weight excluding hydrogens is 577 g/mol. The molecule has 2 aromatic carbocycles. The number of nitrogens with two attached hydrogens (primary N) is 1. The molecule has 230 valence electrons. The number of pyridine rings is 1. The van der Waals surface area contributed by atoms with Gasteiger partial charge >= 0.3 is 6.09 Å². The zero-order valence-corrected chi connectivity index (χ0v) is 24.8. The normalized spacial score (nSPS) is 17.4. The fourth-order valence-electron chi connectivity index (χ4n) is 4.61. The highest BCUT2D eigenvalue weighted by atomic mass is 32.2. The Morgan fingerprint density at radius 2 is 1.86 bits per heavy atom. The smallest absolute Gasteiger partial charge is 0.416 e. The number of aliphatic hydroxyl groups excluding tert-OH is 1. The Labute approximate surface area is 250 Å². The van der Waals surface area contributed by atoms with E-state index in [9.17, 15) is 27.5 Å². The predicted octanol–water partition coefficient (Wildman–Crippen LogP) is 2.95. The minimum absolute atomic E-state index is 0.0122. The molecule has 2 amide bonds. The van der Waals surface area contributed by atoms with Crippen LogP contribution in [0.5, 0.6) is 0 Å². The molecule has 0 saturated carbocycles. The molecule has 0 aliphatic carbocycles. The van der Waals surface area contributed by atoms with Gasteiger partial charge in [0, 0.05) is 18.8 Å². The van der Waals surface area contributed by atoms with Gasteiger partial charge in [-0.1, -0.05) is 50.6 Å². The molecule has 4 rings (SSSR count). The van der Waals surface area contributed by atoms with Gasteiger partial charge in [-0.25, -0.2) is 22.6 Å². The number of benzene rings is 2. The largest absolute Gasteiger partial charge is 0.434 e. The average molecular weight is 614 g/mol. The van der Waals surface area contributed by atoms with Crippen molar-refractivity contribution in [3.63, 3.8) is 0 Å². The molecule has 11 nitrogen and oxygen atoms in total. The number of hydrogen-bond acceptors (Lipinski definition) is 8. The number of aliphatic hydroxyl groups is 1. The average Bonchev–Trinajstić information content (AvgIpc) is 3.39. The number of hydrogen-bond donors (Lipinski definition) is 3. The van der Waals surface area contributed by atoms with Crippen LogP contribution in [0, 0.1) is 11.7 Å². The van der Waals surface area contributed by atoms with Gasteiger partial charge in [-0.2, -0.15) is 4.31 Å². The molecule has 4 N–H and O–H groups in total. The molecule has 43 heavy (non-hydrogen) atoms. The number of ether oxygens (including phenoxy) is 1. The van der Waals surface area contributed by atoms with Crippen molar-refractivity contribution in [2.45, 2.75) is 49.8 Å². The van der Waals surface area contributed by atoms with E-state index in [-0.39, 0.29) is 42.7 Å². The van der Waals surface area contributed by atoms with Crippen LogP contribution >= 0.6 is 0 Å². The van der Waals surface area contributed by atoms with E-state index in [1.165, 1.54) is 34.6 Å². The van der Waals surface area contributed by atoms with E-state index >= 15 is 0 Å². The monoisotopic (exact) mass is 613 g/mol. The van der Waals surface area contributed by atoms with Gasteiger partial charge in [-0.05, 0) is 54.3 Å². The van der Waals surface area contributed by atoms with Gasteiger partial charge in [0.1, 0.15) is 11.6 Å². The number of rotatable bonds is 13. The molecule has 0 radical (unpaired) electrons. The zero-order valence-electron chi connectivity index (χ0n) is 24.0. The molecule has 13 heteroatoms. The molecule has 1 fully saturated rings. The number of anilines is 2. The lowest BCUT2D eigenvalue weighted by atomic mass is 10.0. The van der Waals surface area contributed by atoms with Crippen LogP contribution in [0.1, 0.15) is 25.8 Å². The maximum atomic E-state index is 13.7. The van der Waals surface area contributed by atoms with Crippen molar-refractivity contribution in [3.05, 3.63) is 84.3 Å². The van der Waals surface area contributed by atoms with Crippen LogP contribution in [-0.4, -0.2) is 72.7 Å². The molecular formula is C30H36FN5O6S. The summed E-state index contributed by atoms with van der Waals surface area (Å²) in [6.45, 7) is 3.53. The number of halogens is 1. The summed E-state index contributed by atoms with van der Waals surface area (Å²) in [4.78, 5) is 30.8. The first-order valence-electron chi connectivity index (χ1n) is 14.0. The van der Waals surface area contributed by atoms with Crippen LogP contribution in [0.25, 0.3) is 0 Å². The number of carbonyl (C=O) groups excluding carboxylic acids is 2. The van der Waals surface area contributed by atoms with Crippen molar-refractivity contribution in [2.24, 2.45) is 5.92 Å². The number of amides is 2. The molecule has 1 aromatic heterocycles. The Balaban J connectivity index is 1.55. The van der Waals surface area contributed by atoms with Gasteiger partial charge in [-0.3, -0.25) is 9.69 Å². The second-order valence-electron chi connectivity index (χ2n) is 10.6. The van der Waals surface area contributed by atoms with Crippen LogP contribution < -0.4 is 16.0 Å². The van der Waals surface area contributed by atoms with Crippen molar-refractivity contribution in [1.82, 2.24) is 14.6 Å². The van der Waals surface area contributed by atoms with Crippen LogP contribution in [-0.2, 0) is 26.0 Å². The summed E-state index contributed by atoms with van der Waals surface area (Å²) in [5.41, 5.74) is 6.96. The van der Waals surface area contributed by atoms with Gasteiger partial charge in [0.15, 0.2) is 6.10 Å². The summed E-state index contributed by atoms with van der Waals surface area (Å²) >= 11 is 0. The first-order chi connectivity index (χ1) is 20.5. The standard InChI is InChI=1S/C30H36FN5O6S/c1-3-20(2)17-35(43(40,41)24-12-10-23(32)11-13-24)18-26(37)25(15-21-7-5-4-6-8-21)34-29(38)27-19-36(30(39)42-27)28-14-9-22(31)16-33-28/h4-14,16,20,25-27,37H,3,15,17-19,32H2,1-2H3,(H,34,38)/t20-,25?,26-,27?/m1/s1. The summed E-state index contributed by atoms with van der Waals surface area (Å²) in [5.74, 6) is -1.14. The number of aromatic nitrogens is 1. The lowest BCUT2D eigenvalue weighted by molar-refractivity contribution is -0.129. The van der Waals surface area contributed by atoms with Gasteiger partial charge in [0.2, 0.25) is 10.0 Å². The maximum Gasteiger partial charge on any atom is 0.416 e. The van der Waals surface area contributed by atoms with Crippen LogP contribution in [0.4, 0.5) is 20.7 Å². The maximum absolute atomic E-state index is 13.7. The van der Waals surface area contributed by atoms with Crippen molar-refractivity contribution in [1.29, 1.82) is 0 Å². The number of cyclic esters (lactones) is 1. The van der Waals surface area contributed by atoms with Crippen molar-refractivity contribution in [3.8, 4) is 0 Å². The molecule has 3 aromatic rings. The summed E-state index contributed by atoms with van der Waals surface area (Å²) in [7, 11) is -4.02. The molecule has 2 unspecified atom stereocenters. The third-order valence-corrected chi connectivity index (χ3v) is 9.15. The third kappa shape index (κ3) is 8.06. The first-order valence-corrected chi connectivity index (χ1v) is 15.4. The van der Waals surface area contributed by atoms with Crippen molar-refractivity contribution < 1.29 is 32.2 Å². The Bertz CT molecular complexity index is 1490. The topological polar surface area (TPSA) is 155 Å². The summed E-state index contributed by atoms with van der Waals surface area (Å²) < 4.78 is 47.1. The van der Waals surface area contributed by atoms with Gasteiger partial charge in [-0.15, -0.1) is 0 Å². The second kappa shape index (κ2) is 13.9. The van der Waals surface area contributed by atoms with Crippen LogP contribution in [0.2, 0.25) is 0 Å². The molecule has 0 bridgehead atoms. The fraction of sp³-hybridized carbons (Fsp3) is 0.367. The van der Waals surface area contributed by atoms with E-state index in [0.29, 0.717) is 12.1 Å². The Kier molecular flexibility index (Phi) is 10.3. The highest BCUT2D eigenvalue weighted by Gasteiger charge is 2.39. The molecule has 1 aliphatic rings. The minimum Gasteiger partial charge on any atom is -0.434 e. The van der Waals surface area contributed by atoms with Gasteiger partial charge in [0.05, 0.1) is 29.8 Å². The predicted molar refractivity (Wildman–Crippen MR) is 159 cm³/mol. The SMILES string of the molecule is CC[C@@H](C)CN(C[C@@H](O)C(Cc1ccccc1)NC(=O)C1CN(c2ccc(F)cn2)C(=O)O1)S(=O)(=O)c1ccc(N)cc1. The third-order valence-electron chi connectivity index (χ3n) is 7.30. The molecule has 2 heterocycles. The Morgan fingerprint density at radius 3 is 2.49 bits per heavy atom. The lowest BCUT2D eigenvalue weighted by Crippen LogP contribution is -2.53. The van der Waals surface area contributed by atoms with E-state index in [0.717, 1.165) is 22.7 Å². The zero-order chi connectivity index (χ0) is 31.1. The quantitative estimate of drug-likeness (QED) is 0.249. The number of sulfonamides is 1. The van der Waals surface area contributed by atoms with Gasteiger partial charge in [0.25, 0.3) is 5.91 Å². The summed E-state index contributed by atoms with van der Waals surface area (Å²) in [5, 5.41) is 14.2. The second-order valence-corrected chi connectivity index (χ2v) is 12.5. The Hall–Kier alpha value is -4.07.